The number of nitrogens with zero attached hydrogens (tertiary/aromatic N) is 2. The van der Waals surface area contributed by atoms with E-state index in [1.807, 2.05) is 0 Å². The predicted molar refractivity (Wildman–Crippen MR) is 49.7 cm³/mol. The highest BCUT2D eigenvalue weighted by atomic mass is 35.5. The van der Waals surface area contributed by atoms with Crippen molar-refractivity contribution < 1.29 is 4.92 Å². The number of rotatable bonds is 2. The zero-order valence-electron chi connectivity index (χ0n) is 6.48. The summed E-state index contributed by atoms with van der Waals surface area (Å²) in [5, 5.41) is 13.6. The van der Waals surface area contributed by atoms with E-state index >= 15 is 0 Å². The Hall–Kier alpha value is -1.62. The van der Waals surface area contributed by atoms with Gasteiger partial charge < -0.3 is 5.84 Å². The second-order valence-corrected chi connectivity index (χ2v) is 2.55. The van der Waals surface area contributed by atoms with Crippen molar-refractivity contribution in [2.24, 2.45) is 10.9 Å². The van der Waals surface area contributed by atoms with Gasteiger partial charge in [0, 0.05) is 6.07 Å². The third-order valence-corrected chi connectivity index (χ3v) is 1.74. The molecule has 0 aromatic heterocycles. The van der Waals surface area contributed by atoms with Crippen molar-refractivity contribution in [3.63, 3.8) is 0 Å². The molecule has 13 heavy (non-hydrogen) atoms. The number of hydrogen-bond donors (Lipinski definition) is 1. The summed E-state index contributed by atoms with van der Waals surface area (Å²) in [5.74, 6) is 4.91. The molecule has 0 saturated carbocycles. The van der Waals surface area contributed by atoms with Gasteiger partial charge in [-0.15, -0.1) is 0 Å². The molecule has 1 aromatic carbocycles. The van der Waals surface area contributed by atoms with Crippen LogP contribution in [0, 0.1) is 10.1 Å². The van der Waals surface area contributed by atoms with Gasteiger partial charge in [-0.2, -0.15) is 5.10 Å². The fourth-order valence-corrected chi connectivity index (χ4v) is 1.04. The van der Waals surface area contributed by atoms with Crippen molar-refractivity contribution in [1.82, 2.24) is 0 Å². The molecule has 0 radical (unpaired) electrons. The van der Waals surface area contributed by atoms with Crippen LogP contribution >= 0.6 is 11.6 Å². The van der Waals surface area contributed by atoms with Gasteiger partial charge in [0.25, 0.3) is 5.69 Å². The number of para-hydroxylation sites is 1. The van der Waals surface area contributed by atoms with Crippen molar-refractivity contribution in [3.05, 3.63) is 39.9 Å². The summed E-state index contributed by atoms with van der Waals surface area (Å²) in [6.45, 7) is 0. The third kappa shape index (κ3) is 1.94. The van der Waals surface area contributed by atoms with E-state index in [4.69, 9.17) is 17.4 Å². The molecular weight excluding hydrogens is 194 g/mol. The number of halogens is 1. The van der Waals surface area contributed by atoms with Gasteiger partial charge in [0.2, 0.25) is 0 Å². The van der Waals surface area contributed by atoms with Crippen LogP contribution in [-0.4, -0.2) is 10.1 Å². The first kappa shape index (κ1) is 9.47. The smallest absolute Gasteiger partial charge is 0.279 e. The number of hydrazone groups is 1. The van der Waals surface area contributed by atoms with E-state index in [2.05, 4.69) is 5.10 Å². The van der Waals surface area contributed by atoms with Crippen molar-refractivity contribution >= 4 is 22.5 Å². The standard InChI is InChI=1S/C7H6ClN3O2/c8-7(10-9)5-3-1-2-4-6(5)11(12)13/h1-4H,9H2. The second-order valence-electron chi connectivity index (χ2n) is 2.19. The molecule has 2 N–H and O–H groups in total. The zero-order chi connectivity index (χ0) is 9.84. The molecule has 68 valence electrons. The first-order chi connectivity index (χ1) is 6.16. The number of nitro benzene ring substituents is 1. The quantitative estimate of drug-likeness (QED) is 0.339. The molecule has 0 heterocycles. The molecule has 5 nitrogen and oxygen atoms in total. The maximum Gasteiger partial charge on any atom is 0.279 e. The summed E-state index contributed by atoms with van der Waals surface area (Å²) < 4.78 is 0. The molecule has 0 aliphatic carbocycles. The van der Waals surface area contributed by atoms with Crippen LogP contribution in [0.3, 0.4) is 0 Å². The normalized spacial score (nSPS) is 11.3. The van der Waals surface area contributed by atoms with Crippen LogP contribution in [0.25, 0.3) is 0 Å². The summed E-state index contributed by atoms with van der Waals surface area (Å²) in [5.41, 5.74) is 0.110. The van der Waals surface area contributed by atoms with Gasteiger partial charge in [0.05, 0.1) is 10.5 Å². The van der Waals surface area contributed by atoms with Crippen LogP contribution in [0.15, 0.2) is 29.4 Å². The highest BCUT2D eigenvalue weighted by molar-refractivity contribution is 6.70. The Morgan fingerprint density at radius 1 is 1.54 bits per heavy atom. The Morgan fingerprint density at radius 3 is 2.69 bits per heavy atom. The lowest BCUT2D eigenvalue weighted by Crippen LogP contribution is -2.00. The van der Waals surface area contributed by atoms with Crippen molar-refractivity contribution in [1.29, 1.82) is 0 Å². The van der Waals surface area contributed by atoms with Crippen LogP contribution < -0.4 is 5.84 Å². The van der Waals surface area contributed by atoms with E-state index in [1.165, 1.54) is 12.1 Å². The summed E-state index contributed by atoms with van der Waals surface area (Å²) in [6.07, 6.45) is 0. The SMILES string of the molecule is NN=C(Cl)c1ccccc1[N+](=O)[O-]. The lowest BCUT2D eigenvalue weighted by molar-refractivity contribution is -0.385. The van der Waals surface area contributed by atoms with Crippen LogP contribution in [0.2, 0.25) is 0 Å². The van der Waals surface area contributed by atoms with E-state index in [0.717, 1.165) is 0 Å². The van der Waals surface area contributed by atoms with Gasteiger partial charge in [-0.25, -0.2) is 0 Å². The first-order valence-corrected chi connectivity index (χ1v) is 3.71. The number of nitrogens with two attached hydrogens (primary N) is 1. The van der Waals surface area contributed by atoms with E-state index in [0.29, 0.717) is 0 Å². The van der Waals surface area contributed by atoms with E-state index in [9.17, 15) is 10.1 Å². The highest BCUT2D eigenvalue weighted by Crippen LogP contribution is 2.19. The first-order valence-electron chi connectivity index (χ1n) is 3.34. The monoisotopic (exact) mass is 199 g/mol. The van der Waals surface area contributed by atoms with Crippen LogP contribution in [0.5, 0.6) is 0 Å². The van der Waals surface area contributed by atoms with Gasteiger partial charge in [-0.05, 0) is 6.07 Å². The molecule has 0 amide bonds. The molecule has 1 aromatic rings. The molecule has 0 aliphatic rings. The Labute approximate surface area is 79.0 Å². The number of hydrogen-bond acceptors (Lipinski definition) is 4. The average Bonchev–Trinajstić information content (AvgIpc) is 2.16. The van der Waals surface area contributed by atoms with E-state index < -0.39 is 4.92 Å². The van der Waals surface area contributed by atoms with Gasteiger partial charge in [0.15, 0.2) is 5.17 Å². The Bertz CT molecular complexity index is 365. The average molecular weight is 200 g/mol. The molecule has 6 heteroatoms. The molecule has 0 unspecified atom stereocenters. The summed E-state index contributed by atoms with van der Waals surface area (Å²) in [7, 11) is 0. The second kappa shape index (κ2) is 3.86. The molecule has 0 bridgehead atoms. The minimum Gasteiger partial charge on any atom is -0.322 e. The van der Waals surface area contributed by atoms with Crippen LogP contribution in [0.4, 0.5) is 5.69 Å². The predicted octanol–water partition coefficient (Wildman–Crippen LogP) is 1.45. The molecule has 0 fully saturated rings. The number of nitro groups is 1. The fourth-order valence-electron chi connectivity index (χ4n) is 0.877. The van der Waals surface area contributed by atoms with Gasteiger partial charge >= 0.3 is 0 Å². The van der Waals surface area contributed by atoms with E-state index in [-0.39, 0.29) is 16.4 Å². The molecular formula is C7H6ClN3O2. The molecule has 0 aliphatic heterocycles. The zero-order valence-corrected chi connectivity index (χ0v) is 7.23. The summed E-state index contributed by atoms with van der Waals surface area (Å²) in [4.78, 5) is 9.95. The largest absolute Gasteiger partial charge is 0.322 e. The van der Waals surface area contributed by atoms with Crippen LogP contribution in [-0.2, 0) is 0 Å². The lowest BCUT2D eigenvalue weighted by Gasteiger charge is -1.97. The Morgan fingerprint density at radius 2 is 2.15 bits per heavy atom. The Balaban J connectivity index is 3.28. The summed E-state index contributed by atoms with van der Waals surface area (Å²) >= 11 is 5.56. The van der Waals surface area contributed by atoms with Crippen LogP contribution in [0.1, 0.15) is 5.56 Å². The lowest BCUT2D eigenvalue weighted by atomic mass is 10.2. The van der Waals surface area contributed by atoms with Gasteiger partial charge in [0.1, 0.15) is 0 Å². The summed E-state index contributed by atoms with van der Waals surface area (Å²) in [6, 6.07) is 5.98. The third-order valence-electron chi connectivity index (χ3n) is 1.44. The van der Waals surface area contributed by atoms with E-state index in [1.54, 1.807) is 12.1 Å². The maximum absolute atomic E-state index is 10.5. The maximum atomic E-state index is 10.5. The van der Waals surface area contributed by atoms with Gasteiger partial charge in [-0.1, -0.05) is 23.7 Å². The molecule has 0 saturated heterocycles. The molecule has 0 atom stereocenters. The minimum absolute atomic E-state index is 0.0766. The van der Waals surface area contributed by atoms with Gasteiger partial charge in [-0.3, -0.25) is 10.1 Å². The number of benzene rings is 1. The molecule has 1 rings (SSSR count). The highest BCUT2D eigenvalue weighted by Gasteiger charge is 2.15. The van der Waals surface area contributed by atoms with Crippen molar-refractivity contribution in [2.75, 3.05) is 0 Å². The van der Waals surface area contributed by atoms with Crippen molar-refractivity contribution in [2.45, 2.75) is 0 Å². The fraction of sp³-hybridized carbons (Fsp3) is 0. The minimum atomic E-state index is -0.539. The molecule has 0 spiro atoms. The Kier molecular flexibility index (Phi) is 2.81. The van der Waals surface area contributed by atoms with Crippen molar-refractivity contribution in [3.8, 4) is 0 Å². The topological polar surface area (TPSA) is 81.5 Å².